The Kier molecular flexibility index (Phi) is 2.77. The largest absolute Gasteiger partial charge is 0.319 e. The molecule has 0 bridgehead atoms. The molecule has 2 aromatic heterocycles. The Balaban J connectivity index is 2.21. The van der Waals surface area contributed by atoms with Crippen molar-refractivity contribution >= 4 is 17.4 Å². The van der Waals surface area contributed by atoms with E-state index in [0.29, 0.717) is 5.82 Å². The second-order valence-corrected chi connectivity index (χ2v) is 3.06. The third kappa shape index (κ3) is 2.25. The van der Waals surface area contributed by atoms with Gasteiger partial charge in [0.1, 0.15) is 12.0 Å². The summed E-state index contributed by atoms with van der Waals surface area (Å²) in [4.78, 5) is 25.4. The fraction of sp³-hybridized carbons (Fsp3) is 0. The van der Waals surface area contributed by atoms with Crippen LogP contribution in [0.3, 0.4) is 0 Å². The van der Waals surface area contributed by atoms with Crippen molar-refractivity contribution in [3.8, 4) is 0 Å². The van der Waals surface area contributed by atoms with Crippen LogP contribution >= 0.6 is 0 Å². The number of aromatic amines is 1. The Morgan fingerprint density at radius 1 is 1.47 bits per heavy atom. The molecule has 0 saturated carbocycles. The van der Waals surface area contributed by atoms with Gasteiger partial charge in [0.15, 0.2) is 0 Å². The topological polar surface area (TPSA) is 114 Å². The summed E-state index contributed by atoms with van der Waals surface area (Å²) in [5.41, 5.74) is -0.584. The van der Waals surface area contributed by atoms with Gasteiger partial charge in [-0.2, -0.15) is 5.10 Å². The predicted octanol–water partition coefficient (Wildman–Crippen LogP) is 0.965. The van der Waals surface area contributed by atoms with E-state index in [-0.39, 0.29) is 11.4 Å². The number of carbonyl (C=O) groups is 1. The summed E-state index contributed by atoms with van der Waals surface area (Å²) in [5, 5.41) is 18.7. The Hall–Kier alpha value is -2.77. The predicted molar refractivity (Wildman–Crippen MR) is 57.4 cm³/mol. The molecule has 8 nitrogen and oxygen atoms in total. The molecule has 0 aliphatic rings. The summed E-state index contributed by atoms with van der Waals surface area (Å²) >= 11 is 0. The number of amides is 1. The maximum Gasteiger partial charge on any atom is 0.319 e. The molecular formula is C9H7N5O3. The highest BCUT2D eigenvalue weighted by Crippen LogP contribution is 2.15. The second-order valence-electron chi connectivity index (χ2n) is 3.06. The first-order valence-electron chi connectivity index (χ1n) is 4.58. The lowest BCUT2D eigenvalue weighted by Gasteiger charge is -2.00. The zero-order valence-electron chi connectivity index (χ0n) is 8.45. The molecule has 2 aromatic rings. The van der Waals surface area contributed by atoms with E-state index in [2.05, 4.69) is 20.5 Å². The van der Waals surface area contributed by atoms with Gasteiger partial charge in [-0.05, 0) is 12.1 Å². The number of nitro groups is 1. The highest BCUT2D eigenvalue weighted by atomic mass is 16.6. The van der Waals surface area contributed by atoms with E-state index >= 15 is 0 Å². The molecule has 0 aliphatic heterocycles. The van der Waals surface area contributed by atoms with Gasteiger partial charge in [0.2, 0.25) is 5.69 Å². The number of pyridine rings is 1. The van der Waals surface area contributed by atoms with Crippen LogP contribution in [0.2, 0.25) is 0 Å². The molecule has 0 atom stereocenters. The molecule has 2 heterocycles. The molecule has 0 fully saturated rings. The summed E-state index contributed by atoms with van der Waals surface area (Å²) in [6, 6.07) is 4.94. The Bertz CT molecular complexity index is 551. The van der Waals surface area contributed by atoms with Gasteiger partial charge in [0, 0.05) is 6.20 Å². The molecule has 1 amide bonds. The molecule has 2 N–H and O–H groups in total. The van der Waals surface area contributed by atoms with Gasteiger partial charge >= 0.3 is 5.69 Å². The van der Waals surface area contributed by atoms with Crippen molar-refractivity contribution in [1.82, 2.24) is 15.2 Å². The lowest BCUT2D eigenvalue weighted by atomic mass is 10.3. The Morgan fingerprint density at radius 2 is 2.29 bits per heavy atom. The van der Waals surface area contributed by atoms with E-state index in [1.807, 2.05) is 0 Å². The van der Waals surface area contributed by atoms with Crippen LogP contribution in [0.1, 0.15) is 10.5 Å². The van der Waals surface area contributed by atoms with Crippen molar-refractivity contribution in [2.75, 3.05) is 5.32 Å². The fourth-order valence-corrected chi connectivity index (χ4v) is 1.20. The molecule has 0 unspecified atom stereocenters. The molecule has 0 saturated heterocycles. The maximum absolute atomic E-state index is 11.7. The van der Waals surface area contributed by atoms with Gasteiger partial charge < -0.3 is 5.32 Å². The summed E-state index contributed by atoms with van der Waals surface area (Å²) < 4.78 is 0. The third-order valence-electron chi connectivity index (χ3n) is 1.95. The monoisotopic (exact) mass is 233 g/mol. The molecule has 0 radical (unpaired) electrons. The molecule has 8 heteroatoms. The first kappa shape index (κ1) is 10.7. The first-order chi connectivity index (χ1) is 8.18. The van der Waals surface area contributed by atoms with Crippen molar-refractivity contribution in [2.45, 2.75) is 0 Å². The van der Waals surface area contributed by atoms with Crippen molar-refractivity contribution in [3.05, 3.63) is 46.4 Å². The highest BCUT2D eigenvalue weighted by molar-refractivity contribution is 6.04. The Morgan fingerprint density at radius 3 is 2.94 bits per heavy atom. The van der Waals surface area contributed by atoms with Crippen LogP contribution in [0, 0.1) is 10.1 Å². The number of anilines is 1. The van der Waals surface area contributed by atoms with Crippen molar-refractivity contribution in [1.29, 1.82) is 0 Å². The van der Waals surface area contributed by atoms with Crippen LogP contribution in [0.5, 0.6) is 0 Å². The SMILES string of the molecule is O=C(Nc1ccccn1)c1[nH]ncc1[N+](=O)[O-]. The van der Waals surface area contributed by atoms with Gasteiger partial charge in [-0.3, -0.25) is 20.0 Å². The fourth-order valence-electron chi connectivity index (χ4n) is 1.20. The minimum absolute atomic E-state index is 0.208. The summed E-state index contributed by atoms with van der Waals surface area (Å²) in [6.07, 6.45) is 2.48. The molecule has 0 aromatic carbocycles. The average Bonchev–Trinajstić information content (AvgIpc) is 2.79. The molecule has 17 heavy (non-hydrogen) atoms. The minimum Gasteiger partial charge on any atom is -0.305 e. The van der Waals surface area contributed by atoms with E-state index in [1.165, 1.54) is 6.20 Å². The number of nitrogens with zero attached hydrogens (tertiary/aromatic N) is 3. The quantitative estimate of drug-likeness (QED) is 0.605. The van der Waals surface area contributed by atoms with E-state index in [9.17, 15) is 14.9 Å². The van der Waals surface area contributed by atoms with Gasteiger partial charge in [-0.1, -0.05) is 6.07 Å². The number of rotatable bonds is 3. The van der Waals surface area contributed by atoms with E-state index in [4.69, 9.17) is 0 Å². The minimum atomic E-state index is -0.684. The number of hydrogen-bond acceptors (Lipinski definition) is 5. The van der Waals surface area contributed by atoms with Crippen LogP contribution in [-0.2, 0) is 0 Å². The van der Waals surface area contributed by atoms with Gasteiger partial charge in [-0.15, -0.1) is 0 Å². The van der Waals surface area contributed by atoms with Crippen molar-refractivity contribution < 1.29 is 9.72 Å². The summed E-state index contributed by atoms with van der Waals surface area (Å²) in [7, 11) is 0. The smallest absolute Gasteiger partial charge is 0.305 e. The third-order valence-corrected chi connectivity index (χ3v) is 1.95. The molecule has 0 aliphatic carbocycles. The molecule has 86 valence electrons. The van der Waals surface area contributed by atoms with Crippen LogP contribution in [0.15, 0.2) is 30.6 Å². The molecule has 2 rings (SSSR count). The average molecular weight is 233 g/mol. The number of aromatic nitrogens is 3. The first-order valence-corrected chi connectivity index (χ1v) is 4.58. The van der Waals surface area contributed by atoms with Crippen molar-refractivity contribution in [2.24, 2.45) is 0 Å². The van der Waals surface area contributed by atoms with Crippen molar-refractivity contribution in [3.63, 3.8) is 0 Å². The van der Waals surface area contributed by atoms with Crippen LogP contribution in [-0.4, -0.2) is 26.0 Å². The zero-order chi connectivity index (χ0) is 12.3. The summed E-state index contributed by atoms with van der Waals surface area (Å²) in [5.74, 6) is -0.353. The van der Waals surface area contributed by atoms with Gasteiger partial charge in [0.05, 0.1) is 4.92 Å². The van der Waals surface area contributed by atoms with Gasteiger partial charge in [0.25, 0.3) is 5.91 Å². The van der Waals surface area contributed by atoms with E-state index in [0.717, 1.165) is 6.20 Å². The Labute approximate surface area is 94.8 Å². The number of carbonyl (C=O) groups excluding carboxylic acids is 1. The standard InChI is InChI=1S/C9H7N5O3/c15-9(12-7-3-1-2-4-10-7)8-6(14(16)17)5-11-13-8/h1-5H,(H,11,13)(H,10,12,15). The number of H-pyrrole nitrogens is 1. The lowest BCUT2D eigenvalue weighted by molar-refractivity contribution is -0.385. The summed E-state index contributed by atoms with van der Waals surface area (Å²) in [6.45, 7) is 0. The van der Waals surface area contributed by atoms with Crippen LogP contribution in [0.25, 0.3) is 0 Å². The van der Waals surface area contributed by atoms with E-state index in [1.54, 1.807) is 18.2 Å². The molecule has 0 spiro atoms. The van der Waals surface area contributed by atoms with Crippen LogP contribution < -0.4 is 5.32 Å². The number of hydrogen-bond donors (Lipinski definition) is 2. The maximum atomic E-state index is 11.7. The van der Waals surface area contributed by atoms with E-state index < -0.39 is 10.8 Å². The second kappa shape index (κ2) is 4.39. The van der Waals surface area contributed by atoms with Gasteiger partial charge in [-0.25, -0.2) is 4.98 Å². The zero-order valence-corrected chi connectivity index (χ0v) is 8.45. The lowest BCUT2D eigenvalue weighted by Crippen LogP contribution is -2.14. The normalized spacial score (nSPS) is 9.88. The highest BCUT2D eigenvalue weighted by Gasteiger charge is 2.22. The van der Waals surface area contributed by atoms with Crippen LogP contribution in [0.4, 0.5) is 11.5 Å². The molecular weight excluding hydrogens is 226 g/mol. The number of nitrogens with one attached hydrogen (secondary N) is 2.